The zero-order chi connectivity index (χ0) is 20.5. The number of imide groups is 2. The summed E-state index contributed by atoms with van der Waals surface area (Å²) >= 11 is 0. The summed E-state index contributed by atoms with van der Waals surface area (Å²) in [5.74, 6) is -2.38. The Kier molecular flexibility index (Phi) is 4.88. The van der Waals surface area contributed by atoms with Crippen LogP contribution in [0.25, 0.3) is 6.08 Å². The molecule has 0 unspecified atom stereocenters. The van der Waals surface area contributed by atoms with E-state index in [0.717, 1.165) is 30.4 Å². The molecule has 29 heavy (non-hydrogen) atoms. The largest absolute Gasteiger partial charge is 0.372 e. The highest BCUT2D eigenvalue weighted by molar-refractivity contribution is 6.39. The molecular formula is C22H20FN3O3. The van der Waals surface area contributed by atoms with Crippen molar-refractivity contribution < 1.29 is 18.8 Å². The van der Waals surface area contributed by atoms with Gasteiger partial charge in [0.15, 0.2) is 0 Å². The number of barbiturate groups is 1. The van der Waals surface area contributed by atoms with Gasteiger partial charge in [-0.1, -0.05) is 18.2 Å². The van der Waals surface area contributed by atoms with Crippen LogP contribution in [0.3, 0.4) is 0 Å². The van der Waals surface area contributed by atoms with E-state index in [-0.39, 0.29) is 11.3 Å². The number of nitrogens with one attached hydrogen (secondary N) is 1. The highest BCUT2D eigenvalue weighted by atomic mass is 19.1. The first kappa shape index (κ1) is 18.9. The van der Waals surface area contributed by atoms with Gasteiger partial charge in [0.1, 0.15) is 11.4 Å². The molecule has 2 aromatic carbocycles. The second-order valence-electron chi connectivity index (χ2n) is 7.14. The molecular weight excluding hydrogens is 373 g/mol. The number of amides is 4. The number of para-hydroxylation sites is 1. The van der Waals surface area contributed by atoms with Crippen LogP contribution in [0, 0.1) is 12.7 Å². The van der Waals surface area contributed by atoms with Crippen molar-refractivity contribution in [2.24, 2.45) is 0 Å². The lowest BCUT2D eigenvalue weighted by Crippen LogP contribution is -2.54. The fourth-order valence-electron chi connectivity index (χ4n) is 3.66. The normalized spacial score (nSPS) is 18.6. The Morgan fingerprint density at radius 3 is 2.45 bits per heavy atom. The fourth-order valence-corrected chi connectivity index (χ4v) is 3.66. The van der Waals surface area contributed by atoms with Gasteiger partial charge in [-0.15, -0.1) is 0 Å². The van der Waals surface area contributed by atoms with E-state index in [4.69, 9.17) is 0 Å². The van der Waals surface area contributed by atoms with Crippen LogP contribution in [0.4, 0.5) is 20.6 Å². The summed E-state index contributed by atoms with van der Waals surface area (Å²) in [6, 6.07) is 10.3. The molecule has 2 aliphatic rings. The topological polar surface area (TPSA) is 69.7 Å². The van der Waals surface area contributed by atoms with Gasteiger partial charge in [-0.3, -0.25) is 14.9 Å². The number of halogens is 1. The van der Waals surface area contributed by atoms with E-state index in [2.05, 4.69) is 10.2 Å². The second-order valence-corrected chi connectivity index (χ2v) is 7.14. The molecule has 2 fully saturated rings. The van der Waals surface area contributed by atoms with Gasteiger partial charge in [-0.25, -0.2) is 14.1 Å². The first-order valence-corrected chi connectivity index (χ1v) is 9.47. The molecule has 2 heterocycles. The van der Waals surface area contributed by atoms with Gasteiger partial charge < -0.3 is 4.90 Å². The molecule has 1 N–H and O–H groups in total. The van der Waals surface area contributed by atoms with Gasteiger partial charge in [0.05, 0.1) is 5.69 Å². The summed E-state index contributed by atoms with van der Waals surface area (Å²) in [4.78, 5) is 40.4. The maximum Gasteiger partial charge on any atom is 0.336 e. The summed E-state index contributed by atoms with van der Waals surface area (Å²) in [7, 11) is 0. The summed E-state index contributed by atoms with van der Waals surface area (Å²) in [5, 5.41) is 2.12. The Balaban J connectivity index is 1.69. The molecule has 0 atom stereocenters. The van der Waals surface area contributed by atoms with E-state index < -0.39 is 23.7 Å². The van der Waals surface area contributed by atoms with Crippen LogP contribution in [0.15, 0.2) is 48.0 Å². The third-order valence-electron chi connectivity index (χ3n) is 5.22. The number of aryl methyl sites for hydroxylation is 1. The SMILES string of the molecule is Cc1cc(N2CCCC2)ccc1/C=C1/C(=O)NC(=O)N(c2ccccc2F)C1=O. The quantitative estimate of drug-likeness (QED) is 0.641. The van der Waals surface area contributed by atoms with E-state index in [9.17, 15) is 18.8 Å². The molecule has 7 heteroatoms. The summed E-state index contributed by atoms with van der Waals surface area (Å²) in [5.41, 5.74) is 2.27. The molecule has 0 bridgehead atoms. The fraction of sp³-hybridized carbons (Fsp3) is 0.227. The molecule has 0 spiro atoms. The molecule has 2 aliphatic heterocycles. The number of rotatable bonds is 3. The minimum Gasteiger partial charge on any atom is -0.372 e. The number of nitrogens with zero attached hydrogens (tertiary/aromatic N) is 2. The molecule has 148 valence electrons. The smallest absolute Gasteiger partial charge is 0.336 e. The Labute approximate surface area is 167 Å². The zero-order valence-electron chi connectivity index (χ0n) is 15.9. The number of carbonyl (C=O) groups is 3. The minimum atomic E-state index is -0.969. The summed E-state index contributed by atoms with van der Waals surface area (Å²) in [6.07, 6.45) is 3.78. The maximum atomic E-state index is 14.1. The van der Waals surface area contributed by atoms with Crippen LogP contribution >= 0.6 is 0 Å². The predicted octanol–water partition coefficient (Wildman–Crippen LogP) is 3.40. The molecule has 0 aromatic heterocycles. The third-order valence-corrected chi connectivity index (χ3v) is 5.22. The third kappa shape index (κ3) is 3.51. The van der Waals surface area contributed by atoms with Crippen molar-refractivity contribution in [1.29, 1.82) is 0 Å². The Hall–Kier alpha value is -3.48. The molecule has 6 nitrogen and oxygen atoms in total. The van der Waals surface area contributed by atoms with Gasteiger partial charge in [-0.05, 0) is 61.2 Å². The van der Waals surface area contributed by atoms with Crippen molar-refractivity contribution >= 4 is 35.3 Å². The number of anilines is 2. The molecule has 0 saturated carbocycles. The summed E-state index contributed by atoms with van der Waals surface area (Å²) in [6.45, 7) is 3.93. The molecule has 2 saturated heterocycles. The highest BCUT2D eigenvalue weighted by Crippen LogP contribution is 2.27. The highest BCUT2D eigenvalue weighted by Gasteiger charge is 2.38. The van der Waals surface area contributed by atoms with Crippen LogP contribution in [-0.4, -0.2) is 30.9 Å². The van der Waals surface area contributed by atoms with Crippen molar-refractivity contribution in [2.45, 2.75) is 19.8 Å². The summed E-state index contributed by atoms with van der Waals surface area (Å²) < 4.78 is 14.1. The average Bonchev–Trinajstić information content (AvgIpc) is 3.22. The number of benzene rings is 2. The Bertz CT molecular complexity index is 1040. The van der Waals surface area contributed by atoms with E-state index in [1.54, 1.807) is 0 Å². The second kappa shape index (κ2) is 7.50. The van der Waals surface area contributed by atoms with Crippen molar-refractivity contribution in [3.8, 4) is 0 Å². The average molecular weight is 393 g/mol. The lowest BCUT2D eigenvalue weighted by molar-refractivity contribution is -0.122. The van der Waals surface area contributed by atoms with Gasteiger partial charge >= 0.3 is 6.03 Å². The molecule has 0 aliphatic carbocycles. The van der Waals surface area contributed by atoms with Crippen LogP contribution < -0.4 is 15.1 Å². The first-order chi connectivity index (χ1) is 14.0. The number of urea groups is 1. The zero-order valence-corrected chi connectivity index (χ0v) is 15.9. The van der Waals surface area contributed by atoms with Crippen LogP contribution in [0.2, 0.25) is 0 Å². The van der Waals surface area contributed by atoms with E-state index in [1.807, 2.05) is 25.1 Å². The lowest BCUT2D eigenvalue weighted by Gasteiger charge is -2.26. The van der Waals surface area contributed by atoms with Crippen LogP contribution in [0.5, 0.6) is 0 Å². The van der Waals surface area contributed by atoms with Gasteiger partial charge in [0.25, 0.3) is 11.8 Å². The van der Waals surface area contributed by atoms with E-state index >= 15 is 0 Å². The number of carbonyl (C=O) groups excluding carboxylic acids is 3. The van der Waals surface area contributed by atoms with Crippen molar-refractivity contribution in [3.63, 3.8) is 0 Å². The Morgan fingerprint density at radius 1 is 1.03 bits per heavy atom. The van der Waals surface area contributed by atoms with Crippen molar-refractivity contribution in [3.05, 3.63) is 65.0 Å². The molecule has 4 rings (SSSR count). The number of hydrogen-bond donors (Lipinski definition) is 1. The van der Waals surface area contributed by atoms with Gasteiger partial charge in [-0.2, -0.15) is 0 Å². The van der Waals surface area contributed by atoms with Gasteiger partial charge in [0.2, 0.25) is 0 Å². The first-order valence-electron chi connectivity index (χ1n) is 9.47. The Morgan fingerprint density at radius 2 is 1.76 bits per heavy atom. The van der Waals surface area contributed by atoms with Crippen molar-refractivity contribution in [2.75, 3.05) is 22.9 Å². The maximum absolute atomic E-state index is 14.1. The minimum absolute atomic E-state index is 0.200. The molecule has 0 radical (unpaired) electrons. The number of hydrogen-bond acceptors (Lipinski definition) is 4. The van der Waals surface area contributed by atoms with Crippen LogP contribution in [-0.2, 0) is 9.59 Å². The van der Waals surface area contributed by atoms with E-state index in [1.165, 1.54) is 37.1 Å². The van der Waals surface area contributed by atoms with Crippen molar-refractivity contribution in [1.82, 2.24) is 5.32 Å². The van der Waals surface area contributed by atoms with E-state index in [0.29, 0.717) is 10.5 Å². The predicted molar refractivity (Wildman–Crippen MR) is 108 cm³/mol. The standard InChI is InChI=1S/C22H20FN3O3/c1-14-12-16(25-10-4-5-11-25)9-8-15(14)13-17-20(27)24-22(29)26(21(17)28)19-7-3-2-6-18(19)23/h2-3,6-9,12-13H,4-5,10-11H2,1H3,(H,24,27,29)/b17-13-. The van der Waals surface area contributed by atoms with Gasteiger partial charge in [0, 0.05) is 18.8 Å². The van der Waals surface area contributed by atoms with Crippen LogP contribution in [0.1, 0.15) is 24.0 Å². The molecule has 4 amide bonds. The molecule has 2 aromatic rings. The lowest BCUT2D eigenvalue weighted by atomic mass is 10.0. The monoisotopic (exact) mass is 393 g/mol.